The van der Waals surface area contributed by atoms with Gasteiger partial charge in [0.2, 0.25) is 0 Å². The molecule has 0 spiro atoms. The summed E-state index contributed by atoms with van der Waals surface area (Å²) in [6.07, 6.45) is 3.78. The van der Waals surface area contributed by atoms with Crippen molar-refractivity contribution in [2.45, 2.75) is 64.3 Å². The smallest absolute Gasteiger partial charge is 0.0584 e. The zero-order valence-corrected chi connectivity index (χ0v) is 9.49. The summed E-state index contributed by atoms with van der Waals surface area (Å²) in [4.78, 5) is 0. The third kappa shape index (κ3) is 3.56. The van der Waals surface area contributed by atoms with Crippen molar-refractivity contribution in [1.82, 2.24) is 5.32 Å². The Morgan fingerprint density at radius 1 is 1.36 bits per heavy atom. The van der Waals surface area contributed by atoms with Crippen molar-refractivity contribution in [3.63, 3.8) is 0 Å². The lowest BCUT2D eigenvalue weighted by Crippen LogP contribution is -2.46. The van der Waals surface area contributed by atoms with E-state index in [1.165, 1.54) is 0 Å². The zero-order chi connectivity index (χ0) is 10.6. The number of ether oxygens (including phenoxy) is 1. The third-order valence-corrected chi connectivity index (χ3v) is 2.88. The van der Waals surface area contributed by atoms with Crippen LogP contribution in [-0.4, -0.2) is 36.0 Å². The maximum atomic E-state index is 9.09. The summed E-state index contributed by atoms with van der Waals surface area (Å²) in [5.41, 5.74) is 0. The fraction of sp³-hybridized carbons (Fsp3) is 1.00. The van der Waals surface area contributed by atoms with Gasteiger partial charge >= 0.3 is 0 Å². The van der Waals surface area contributed by atoms with Crippen molar-refractivity contribution >= 4 is 0 Å². The van der Waals surface area contributed by atoms with Crippen LogP contribution in [0.3, 0.4) is 0 Å². The molecule has 3 nitrogen and oxygen atoms in total. The molecule has 0 aromatic carbocycles. The number of hydrogen-bond donors (Lipinski definition) is 2. The van der Waals surface area contributed by atoms with Crippen molar-refractivity contribution in [3.05, 3.63) is 0 Å². The summed E-state index contributed by atoms with van der Waals surface area (Å²) in [6, 6.07) is 0.753. The van der Waals surface area contributed by atoms with Crippen molar-refractivity contribution in [3.8, 4) is 0 Å². The monoisotopic (exact) mass is 201 g/mol. The van der Waals surface area contributed by atoms with E-state index in [2.05, 4.69) is 26.1 Å². The van der Waals surface area contributed by atoms with Gasteiger partial charge in [0.1, 0.15) is 0 Å². The molecule has 1 aliphatic rings. The third-order valence-electron chi connectivity index (χ3n) is 2.88. The Kier molecular flexibility index (Phi) is 4.85. The second-order valence-corrected chi connectivity index (χ2v) is 4.38. The topological polar surface area (TPSA) is 41.5 Å². The first-order valence-electron chi connectivity index (χ1n) is 5.68. The number of rotatable bonds is 4. The van der Waals surface area contributed by atoms with Crippen molar-refractivity contribution in [1.29, 1.82) is 0 Å². The zero-order valence-electron chi connectivity index (χ0n) is 9.49. The molecule has 3 unspecified atom stereocenters. The molecule has 0 amide bonds. The van der Waals surface area contributed by atoms with Gasteiger partial charge in [0.05, 0.1) is 18.8 Å². The number of nitrogens with one attached hydrogen (secondary N) is 1. The Labute approximate surface area is 86.8 Å². The van der Waals surface area contributed by atoms with Gasteiger partial charge in [-0.25, -0.2) is 0 Å². The Morgan fingerprint density at radius 2 is 1.93 bits per heavy atom. The summed E-state index contributed by atoms with van der Waals surface area (Å²) < 4.78 is 5.66. The lowest BCUT2D eigenvalue weighted by molar-refractivity contribution is -0.0445. The van der Waals surface area contributed by atoms with Crippen molar-refractivity contribution in [2.75, 3.05) is 6.61 Å². The Morgan fingerprint density at radius 3 is 2.36 bits per heavy atom. The predicted molar refractivity (Wildman–Crippen MR) is 57.3 cm³/mol. The molecule has 3 heteroatoms. The molecule has 0 aromatic heterocycles. The molecule has 0 saturated carbocycles. The first-order chi connectivity index (χ1) is 6.65. The summed E-state index contributed by atoms with van der Waals surface area (Å²) in [5, 5.41) is 12.6. The van der Waals surface area contributed by atoms with Gasteiger partial charge in [0.15, 0.2) is 0 Å². The predicted octanol–water partition coefficient (Wildman–Crippen LogP) is 1.30. The molecule has 1 saturated heterocycles. The number of hydrogen-bond acceptors (Lipinski definition) is 3. The van der Waals surface area contributed by atoms with Crippen LogP contribution in [-0.2, 0) is 4.74 Å². The molecule has 3 atom stereocenters. The molecule has 14 heavy (non-hydrogen) atoms. The standard InChI is InChI=1S/C11H23NO2/c1-4-10(7-13)12-11-5-8(2)14-9(3)6-11/h8-13H,4-7H2,1-3H3. The van der Waals surface area contributed by atoms with Gasteiger partial charge < -0.3 is 15.2 Å². The van der Waals surface area contributed by atoms with E-state index in [4.69, 9.17) is 9.84 Å². The van der Waals surface area contributed by atoms with Crippen LogP contribution in [0.4, 0.5) is 0 Å². The summed E-state index contributed by atoms with van der Waals surface area (Å²) >= 11 is 0. The molecule has 0 aromatic rings. The van der Waals surface area contributed by atoms with Crippen LogP contribution < -0.4 is 5.32 Å². The van der Waals surface area contributed by atoms with Gasteiger partial charge in [-0.15, -0.1) is 0 Å². The summed E-state index contributed by atoms with van der Waals surface area (Å²) in [5.74, 6) is 0. The van der Waals surface area contributed by atoms with Crippen molar-refractivity contribution in [2.24, 2.45) is 0 Å². The van der Waals surface area contributed by atoms with Crippen LogP contribution in [0, 0.1) is 0 Å². The van der Waals surface area contributed by atoms with Gasteiger partial charge in [-0.2, -0.15) is 0 Å². The molecule has 0 aliphatic carbocycles. The highest BCUT2D eigenvalue weighted by Crippen LogP contribution is 2.19. The van der Waals surface area contributed by atoms with E-state index in [1.807, 2.05) is 0 Å². The van der Waals surface area contributed by atoms with Crippen LogP contribution in [0.25, 0.3) is 0 Å². The highest BCUT2D eigenvalue weighted by Gasteiger charge is 2.25. The van der Waals surface area contributed by atoms with Gasteiger partial charge in [0.25, 0.3) is 0 Å². The molecule has 84 valence electrons. The van der Waals surface area contributed by atoms with Crippen LogP contribution in [0.5, 0.6) is 0 Å². The lowest BCUT2D eigenvalue weighted by Gasteiger charge is -2.34. The van der Waals surface area contributed by atoms with E-state index in [0.717, 1.165) is 19.3 Å². The fourth-order valence-electron chi connectivity index (χ4n) is 2.17. The van der Waals surface area contributed by atoms with E-state index in [-0.39, 0.29) is 12.6 Å². The Balaban J connectivity index is 2.35. The molecular formula is C11H23NO2. The summed E-state index contributed by atoms with van der Waals surface area (Å²) in [7, 11) is 0. The van der Waals surface area contributed by atoms with Crippen molar-refractivity contribution < 1.29 is 9.84 Å². The van der Waals surface area contributed by atoms with E-state index < -0.39 is 0 Å². The van der Waals surface area contributed by atoms with Crippen LogP contribution >= 0.6 is 0 Å². The van der Waals surface area contributed by atoms with Gasteiger partial charge in [-0.3, -0.25) is 0 Å². The number of aliphatic hydroxyl groups excluding tert-OH is 1. The molecule has 1 heterocycles. The van der Waals surface area contributed by atoms with Crippen LogP contribution in [0.2, 0.25) is 0 Å². The maximum absolute atomic E-state index is 9.09. The van der Waals surface area contributed by atoms with E-state index in [0.29, 0.717) is 18.2 Å². The minimum absolute atomic E-state index is 0.233. The van der Waals surface area contributed by atoms with Gasteiger partial charge in [-0.05, 0) is 33.1 Å². The molecular weight excluding hydrogens is 178 g/mol. The van der Waals surface area contributed by atoms with Crippen LogP contribution in [0.15, 0.2) is 0 Å². The van der Waals surface area contributed by atoms with Gasteiger partial charge in [0, 0.05) is 12.1 Å². The van der Waals surface area contributed by atoms with Gasteiger partial charge in [-0.1, -0.05) is 6.92 Å². The van der Waals surface area contributed by atoms with E-state index in [1.54, 1.807) is 0 Å². The molecule has 1 fully saturated rings. The number of aliphatic hydroxyl groups is 1. The lowest BCUT2D eigenvalue weighted by atomic mass is 9.98. The first-order valence-corrected chi connectivity index (χ1v) is 5.68. The molecule has 2 N–H and O–H groups in total. The minimum atomic E-state index is 0.233. The largest absolute Gasteiger partial charge is 0.395 e. The highest BCUT2D eigenvalue weighted by atomic mass is 16.5. The quantitative estimate of drug-likeness (QED) is 0.720. The Hall–Kier alpha value is -0.120. The maximum Gasteiger partial charge on any atom is 0.0584 e. The Bertz CT molecular complexity index is 149. The molecule has 0 bridgehead atoms. The summed E-state index contributed by atoms with van der Waals surface area (Å²) in [6.45, 7) is 6.56. The normalized spacial score (nSPS) is 35.6. The average molecular weight is 201 g/mol. The average Bonchev–Trinajstić information content (AvgIpc) is 2.12. The fourth-order valence-corrected chi connectivity index (χ4v) is 2.17. The first kappa shape index (κ1) is 12.0. The molecule has 0 radical (unpaired) electrons. The highest BCUT2D eigenvalue weighted by molar-refractivity contribution is 4.81. The van der Waals surface area contributed by atoms with E-state index >= 15 is 0 Å². The molecule has 1 rings (SSSR count). The minimum Gasteiger partial charge on any atom is -0.395 e. The second-order valence-electron chi connectivity index (χ2n) is 4.38. The van der Waals surface area contributed by atoms with E-state index in [9.17, 15) is 0 Å². The van der Waals surface area contributed by atoms with Crippen LogP contribution in [0.1, 0.15) is 40.0 Å². The second kappa shape index (κ2) is 5.69. The SMILES string of the molecule is CCC(CO)NC1CC(C)OC(C)C1. The molecule has 1 aliphatic heterocycles.